The van der Waals surface area contributed by atoms with Crippen LogP contribution in [0.3, 0.4) is 0 Å². The number of hydrogen-bond acceptors (Lipinski definition) is 2. The highest BCUT2D eigenvalue weighted by Gasteiger charge is 2.37. The molecule has 0 aliphatic heterocycles. The van der Waals surface area contributed by atoms with E-state index in [1.165, 1.54) is 25.7 Å². The highest BCUT2D eigenvalue weighted by molar-refractivity contribution is 5.95. The normalized spacial score (nSPS) is 27.3. The molecule has 0 radical (unpaired) electrons. The molecule has 0 bridgehead atoms. The van der Waals surface area contributed by atoms with Gasteiger partial charge in [0.05, 0.1) is 5.41 Å². The van der Waals surface area contributed by atoms with Crippen LogP contribution >= 0.6 is 0 Å². The van der Waals surface area contributed by atoms with Crippen LogP contribution in [0.4, 0.5) is 0 Å². The Balaban J connectivity index is 2.06. The highest BCUT2D eigenvalue weighted by atomic mass is 16.1. The molecule has 0 aromatic carbocycles. The third-order valence-electron chi connectivity index (χ3n) is 4.50. The molecule has 1 fully saturated rings. The molecule has 1 saturated carbocycles. The van der Waals surface area contributed by atoms with Crippen molar-refractivity contribution in [3.05, 3.63) is 23.8 Å². The number of rotatable bonds is 5. The van der Waals surface area contributed by atoms with Crippen LogP contribution in [0.25, 0.3) is 0 Å². The Morgan fingerprint density at radius 1 is 1.26 bits per heavy atom. The first-order chi connectivity index (χ1) is 9.03. The molecule has 2 aliphatic carbocycles. The van der Waals surface area contributed by atoms with Crippen LogP contribution in [0.1, 0.15) is 44.9 Å². The van der Waals surface area contributed by atoms with Crippen LogP contribution in [0.5, 0.6) is 0 Å². The zero-order valence-corrected chi connectivity index (χ0v) is 11.2. The molecule has 4 nitrogen and oxygen atoms in total. The molecule has 1 unspecified atom stereocenters. The number of carbonyl (C=O) groups excluding carboxylic acids is 2. The summed E-state index contributed by atoms with van der Waals surface area (Å²) in [6.07, 6.45) is 12.4. The molecular weight excluding hydrogens is 240 g/mol. The largest absolute Gasteiger partial charge is 0.369 e. The van der Waals surface area contributed by atoms with Gasteiger partial charge in [-0.25, -0.2) is 0 Å². The van der Waals surface area contributed by atoms with E-state index in [0.717, 1.165) is 6.42 Å². The third-order valence-corrected chi connectivity index (χ3v) is 4.50. The summed E-state index contributed by atoms with van der Waals surface area (Å²) in [4.78, 5) is 23.1. The summed E-state index contributed by atoms with van der Waals surface area (Å²) in [5.41, 5.74) is 10.7. The number of amides is 2. The first-order valence-corrected chi connectivity index (χ1v) is 7.02. The van der Waals surface area contributed by atoms with Crippen molar-refractivity contribution in [2.24, 2.45) is 22.8 Å². The molecule has 0 heterocycles. The van der Waals surface area contributed by atoms with E-state index in [1.54, 1.807) is 12.2 Å². The standard InChI is InChI=1S/C15H22N2O2/c16-13(18)12-6-3-8-15(10-12,14(17)19)9-7-11-4-1-2-5-11/h3,6,8,11H,1-2,4-5,7,9-10H2,(H2,16,18)(H2,17,19). The van der Waals surface area contributed by atoms with Crippen molar-refractivity contribution in [1.82, 2.24) is 0 Å². The predicted octanol–water partition coefficient (Wildman–Crippen LogP) is 1.80. The smallest absolute Gasteiger partial charge is 0.244 e. The average Bonchev–Trinajstić information content (AvgIpc) is 2.89. The Kier molecular flexibility index (Phi) is 4.08. The fourth-order valence-corrected chi connectivity index (χ4v) is 3.20. The lowest BCUT2D eigenvalue weighted by Gasteiger charge is -2.30. The summed E-state index contributed by atoms with van der Waals surface area (Å²) in [6, 6.07) is 0. The van der Waals surface area contributed by atoms with E-state index in [-0.39, 0.29) is 5.91 Å². The lowest BCUT2D eigenvalue weighted by Crippen LogP contribution is -2.38. The van der Waals surface area contributed by atoms with E-state index >= 15 is 0 Å². The van der Waals surface area contributed by atoms with Crippen molar-refractivity contribution in [3.8, 4) is 0 Å². The van der Waals surface area contributed by atoms with Crippen LogP contribution in [-0.4, -0.2) is 11.8 Å². The summed E-state index contributed by atoms with van der Waals surface area (Å²) in [7, 11) is 0. The molecule has 0 spiro atoms. The molecule has 1 atom stereocenters. The van der Waals surface area contributed by atoms with Crippen LogP contribution in [0.2, 0.25) is 0 Å². The highest BCUT2D eigenvalue weighted by Crippen LogP contribution is 2.39. The Bertz CT molecular complexity index is 433. The lowest BCUT2D eigenvalue weighted by atomic mass is 9.73. The molecule has 0 aromatic rings. The van der Waals surface area contributed by atoms with Gasteiger partial charge in [-0.05, 0) is 25.2 Å². The van der Waals surface area contributed by atoms with Gasteiger partial charge < -0.3 is 11.5 Å². The molecule has 4 N–H and O–H groups in total. The van der Waals surface area contributed by atoms with Gasteiger partial charge in [0.15, 0.2) is 0 Å². The molecule has 104 valence electrons. The number of primary amides is 2. The zero-order valence-electron chi connectivity index (χ0n) is 11.2. The average molecular weight is 262 g/mol. The maximum atomic E-state index is 11.8. The SMILES string of the molecule is NC(=O)C1=CC=CC(CCC2CCCC2)(C(N)=O)C1. The predicted molar refractivity (Wildman–Crippen MR) is 73.9 cm³/mol. The second-order valence-corrected chi connectivity index (χ2v) is 5.80. The van der Waals surface area contributed by atoms with Crippen LogP contribution in [-0.2, 0) is 9.59 Å². The van der Waals surface area contributed by atoms with Gasteiger partial charge in [-0.1, -0.05) is 43.9 Å². The van der Waals surface area contributed by atoms with Gasteiger partial charge in [-0.15, -0.1) is 0 Å². The molecule has 2 aliphatic rings. The van der Waals surface area contributed by atoms with E-state index in [9.17, 15) is 9.59 Å². The van der Waals surface area contributed by atoms with Gasteiger partial charge in [0, 0.05) is 5.57 Å². The van der Waals surface area contributed by atoms with Crippen LogP contribution < -0.4 is 11.5 Å². The Morgan fingerprint density at radius 2 is 1.95 bits per heavy atom. The van der Waals surface area contributed by atoms with E-state index < -0.39 is 11.3 Å². The van der Waals surface area contributed by atoms with Crippen molar-refractivity contribution >= 4 is 11.8 Å². The summed E-state index contributed by atoms with van der Waals surface area (Å²) in [6.45, 7) is 0. The number of hydrogen-bond donors (Lipinski definition) is 2. The molecule has 0 aromatic heterocycles. The first-order valence-electron chi connectivity index (χ1n) is 7.02. The topological polar surface area (TPSA) is 86.2 Å². The maximum absolute atomic E-state index is 11.8. The summed E-state index contributed by atoms with van der Waals surface area (Å²) < 4.78 is 0. The maximum Gasteiger partial charge on any atom is 0.244 e. The van der Waals surface area contributed by atoms with Gasteiger partial charge in [0.25, 0.3) is 0 Å². The fourth-order valence-electron chi connectivity index (χ4n) is 3.20. The number of carbonyl (C=O) groups is 2. The van der Waals surface area contributed by atoms with Crippen molar-refractivity contribution < 1.29 is 9.59 Å². The molecule has 19 heavy (non-hydrogen) atoms. The third kappa shape index (κ3) is 3.06. The quantitative estimate of drug-likeness (QED) is 0.791. The molecule has 4 heteroatoms. The fraction of sp³-hybridized carbons (Fsp3) is 0.600. The Hall–Kier alpha value is -1.58. The van der Waals surface area contributed by atoms with Gasteiger partial charge in [0.2, 0.25) is 11.8 Å². The minimum absolute atomic E-state index is 0.348. The lowest BCUT2D eigenvalue weighted by molar-refractivity contribution is -0.126. The van der Waals surface area contributed by atoms with Crippen molar-refractivity contribution in [3.63, 3.8) is 0 Å². The summed E-state index contributed by atoms with van der Waals surface area (Å²) in [5.74, 6) is -0.114. The minimum atomic E-state index is -0.721. The van der Waals surface area contributed by atoms with E-state index in [4.69, 9.17) is 11.5 Å². The Labute approximate surface area is 113 Å². The van der Waals surface area contributed by atoms with E-state index in [1.807, 2.05) is 6.08 Å². The minimum Gasteiger partial charge on any atom is -0.369 e. The van der Waals surface area contributed by atoms with Crippen LogP contribution in [0, 0.1) is 11.3 Å². The zero-order chi connectivity index (χ0) is 13.9. The van der Waals surface area contributed by atoms with Gasteiger partial charge in [-0.3, -0.25) is 9.59 Å². The van der Waals surface area contributed by atoms with Crippen molar-refractivity contribution in [1.29, 1.82) is 0 Å². The van der Waals surface area contributed by atoms with Gasteiger partial charge >= 0.3 is 0 Å². The van der Waals surface area contributed by atoms with Gasteiger partial charge in [-0.2, -0.15) is 0 Å². The second-order valence-electron chi connectivity index (χ2n) is 5.80. The van der Waals surface area contributed by atoms with Crippen LogP contribution in [0.15, 0.2) is 23.8 Å². The number of allylic oxidation sites excluding steroid dienone is 2. The summed E-state index contributed by atoms with van der Waals surface area (Å²) in [5, 5.41) is 0. The monoisotopic (exact) mass is 262 g/mol. The van der Waals surface area contributed by atoms with Gasteiger partial charge in [0.1, 0.15) is 0 Å². The van der Waals surface area contributed by atoms with Crippen molar-refractivity contribution in [2.45, 2.75) is 44.9 Å². The van der Waals surface area contributed by atoms with E-state index in [2.05, 4.69) is 0 Å². The van der Waals surface area contributed by atoms with Crippen molar-refractivity contribution in [2.75, 3.05) is 0 Å². The van der Waals surface area contributed by atoms with E-state index in [0.29, 0.717) is 24.3 Å². The second kappa shape index (κ2) is 5.59. The number of nitrogens with two attached hydrogens (primary N) is 2. The summed E-state index contributed by atoms with van der Waals surface area (Å²) >= 11 is 0. The molecule has 0 saturated heterocycles. The Morgan fingerprint density at radius 3 is 2.53 bits per heavy atom. The molecule has 2 amide bonds. The molecular formula is C15H22N2O2. The first kappa shape index (κ1) is 13.8. The molecule has 2 rings (SSSR count).